The van der Waals surface area contributed by atoms with E-state index in [4.69, 9.17) is 5.11 Å². The van der Waals surface area contributed by atoms with E-state index >= 15 is 0 Å². The van der Waals surface area contributed by atoms with Crippen molar-refractivity contribution in [3.05, 3.63) is 29.6 Å². The lowest BCUT2D eigenvalue weighted by atomic mass is 10.0. The second-order valence-electron chi connectivity index (χ2n) is 5.82. The third kappa shape index (κ3) is 2.81. The summed E-state index contributed by atoms with van der Waals surface area (Å²) >= 11 is 0. The van der Waals surface area contributed by atoms with Crippen LogP contribution in [-0.2, 0) is 0 Å². The Hall–Kier alpha value is -2.02. The molecule has 2 aromatic rings. The number of rotatable bonds is 4. The van der Waals surface area contributed by atoms with E-state index in [0.717, 1.165) is 11.1 Å². The molecule has 0 amide bonds. The summed E-state index contributed by atoms with van der Waals surface area (Å²) in [6, 6.07) is 2.67. The molecule has 2 atom stereocenters. The van der Waals surface area contributed by atoms with Gasteiger partial charge in [0, 0.05) is 31.1 Å². The van der Waals surface area contributed by atoms with Crippen LogP contribution in [0.5, 0.6) is 0 Å². The number of H-pyrrole nitrogens is 1. The number of carboxylic acid groups (broad SMARTS) is 1. The molecule has 7 heteroatoms. The molecular weight excluding hydrogens is 292 g/mol. The van der Waals surface area contributed by atoms with E-state index in [1.807, 2.05) is 6.92 Å². The van der Waals surface area contributed by atoms with Crippen molar-refractivity contribution in [3.8, 4) is 0 Å². The number of nitrogens with zero attached hydrogens (tertiary/aromatic N) is 1. The molecule has 1 unspecified atom stereocenters. The average molecular weight is 309 g/mol. The molecule has 2 heterocycles. The Bertz CT molecular complexity index is 714. The van der Waals surface area contributed by atoms with Crippen molar-refractivity contribution in [2.24, 2.45) is 0 Å². The van der Waals surface area contributed by atoms with Gasteiger partial charge in [0.2, 0.25) is 5.92 Å². The molecule has 3 rings (SSSR count). The summed E-state index contributed by atoms with van der Waals surface area (Å²) in [7, 11) is 0. The van der Waals surface area contributed by atoms with Crippen LogP contribution in [0, 0.1) is 0 Å². The highest BCUT2D eigenvalue weighted by Crippen LogP contribution is 2.36. The monoisotopic (exact) mass is 309 g/mol. The molecule has 2 aromatic heterocycles. The van der Waals surface area contributed by atoms with Gasteiger partial charge in [-0.3, -0.25) is 0 Å². The minimum absolute atomic E-state index is 0.0486. The van der Waals surface area contributed by atoms with Crippen LogP contribution in [0.1, 0.15) is 48.3 Å². The number of halogens is 2. The highest BCUT2D eigenvalue weighted by molar-refractivity contribution is 5.90. The number of carbonyl (C=O) groups is 1. The number of nitrogens with one attached hydrogen (secondary N) is 2. The van der Waals surface area contributed by atoms with Crippen molar-refractivity contribution in [2.75, 3.05) is 0 Å². The van der Waals surface area contributed by atoms with Gasteiger partial charge in [-0.15, -0.1) is 0 Å². The Morgan fingerprint density at radius 3 is 3.00 bits per heavy atom. The number of aromatic carboxylic acids is 1. The van der Waals surface area contributed by atoms with Crippen molar-refractivity contribution in [1.29, 1.82) is 0 Å². The first-order chi connectivity index (χ1) is 10.4. The maximum atomic E-state index is 13.3. The van der Waals surface area contributed by atoms with Gasteiger partial charge in [0.25, 0.3) is 0 Å². The zero-order valence-electron chi connectivity index (χ0n) is 12.1. The third-order valence-corrected chi connectivity index (χ3v) is 4.12. The van der Waals surface area contributed by atoms with Crippen molar-refractivity contribution in [1.82, 2.24) is 15.3 Å². The van der Waals surface area contributed by atoms with Crippen LogP contribution in [0.15, 0.2) is 18.3 Å². The van der Waals surface area contributed by atoms with Gasteiger partial charge in [0.15, 0.2) is 0 Å². The first-order valence-corrected chi connectivity index (χ1v) is 7.21. The maximum absolute atomic E-state index is 13.3. The number of carboxylic acids is 1. The van der Waals surface area contributed by atoms with Crippen molar-refractivity contribution >= 4 is 17.0 Å². The second-order valence-corrected chi connectivity index (χ2v) is 5.82. The molecule has 1 fully saturated rings. The Labute approximate surface area is 125 Å². The number of aromatic nitrogens is 2. The van der Waals surface area contributed by atoms with Gasteiger partial charge < -0.3 is 15.4 Å². The molecule has 1 saturated carbocycles. The summed E-state index contributed by atoms with van der Waals surface area (Å²) in [6.45, 7) is 1.84. The zero-order chi connectivity index (χ0) is 15.9. The molecule has 0 radical (unpaired) electrons. The van der Waals surface area contributed by atoms with Gasteiger partial charge in [-0.2, -0.15) is 0 Å². The zero-order valence-corrected chi connectivity index (χ0v) is 12.1. The van der Waals surface area contributed by atoms with E-state index in [-0.39, 0.29) is 30.6 Å². The molecule has 5 nitrogen and oxygen atoms in total. The first-order valence-electron chi connectivity index (χ1n) is 7.21. The summed E-state index contributed by atoms with van der Waals surface area (Å²) in [4.78, 5) is 18.3. The number of pyridine rings is 1. The SMILES string of the molecule is CC(N[C@@H]1CCC(F)(F)C1)c1cc(C(=O)O)nc2cc[nH]c12. The number of aromatic amines is 1. The predicted octanol–water partition coefficient (Wildman–Crippen LogP) is 3.10. The standard InChI is InChI=1S/C15H17F2N3O2/c1-8(19-9-2-4-15(16,17)7-9)10-6-12(14(21)22)20-11-3-5-18-13(10)11/h3,5-6,8-9,18-19H,2,4,7H2,1H3,(H,21,22)/t8?,9-/m1/s1. The molecule has 0 saturated heterocycles. The van der Waals surface area contributed by atoms with Crippen LogP contribution in [0.2, 0.25) is 0 Å². The lowest BCUT2D eigenvalue weighted by Gasteiger charge is -2.20. The molecule has 0 aromatic carbocycles. The molecule has 0 aliphatic heterocycles. The van der Waals surface area contributed by atoms with Crippen LogP contribution in [0.3, 0.4) is 0 Å². The van der Waals surface area contributed by atoms with E-state index in [1.54, 1.807) is 12.3 Å². The molecule has 1 aliphatic carbocycles. The Kier molecular flexibility index (Phi) is 3.60. The fraction of sp³-hybridized carbons (Fsp3) is 0.467. The fourth-order valence-electron chi connectivity index (χ4n) is 3.05. The highest BCUT2D eigenvalue weighted by atomic mass is 19.3. The Morgan fingerprint density at radius 2 is 2.36 bits per heavy atom. The minimum atomic E-state index is -2.61. The van der Waals surface area contributed by atoms with Crippen molar-refractivity contribution in [2.45, 2.75) is 44.2 Å². The summed E-state index contributed by atoms with van der Waals surface area (Å²) in [5.74, 6) is -3.71. The summed E-state index contributed by atoms with van der Waals surface area (Å²) in [6.07, 6.45) is 1.82. The molecular formula is C15H17F2N3O2. The summed E-state index contributed by atoms with van der Waals surface area (Å²) in [5, 5.41) is 12.3. The minimum Gasteiger partial charge on any atom is -0.477 e. The first kappa shape index (κ1) is 14.9. The number of hydrogen-bond donors (Lipinski definition) is 3. The van der Waals surface area contributed by atoms with Gasteiger partial charge in [0.1, 0.15) is 5.69 Å². The lowest BCUT2D eigenvalue weighted by molar-refractivity contribution is 0.00664. The van der Waals surface area contributed by atoms with Crippen LogP contribution in [-0.4, -0.2) is 33.0 Å². The largest absolute Gasteiger partial charge is 0.477 e. The summed E-state index contributed by atoms with van der Waals surface area (Å²) in [5.41, 5.74) is 1.96. The van der Waals surface area contributed by atoms with E-state index in [9.17, 15) is 13.6 Å². The molecule has 3 N–H and O–H groups in total. The molecule has 22 heavy (non-hydrogen) atoms. The van der Waals surface area contributed by atoms with Gasteiger partial charge in [0.05, 0.1) is 11.0 Å². The predicted molar refractivity (Wildman–Crippen MR) is 77.2 cm³/mol. The normalized spacial score (nSPS) is 22.0. The van der Waals surface area contributed by atoms with Crippen LogP contribution in [0.25, 0.3) is 11.0 Å². The molecule has 1 aliphatic rings. The highest BCUT2D eigenvalue weighted by Gasteiger charge is 2.39. The van der Waals surface area contributed by atoms with E-state index in [0.29, 0.717) is 11.9 Å². The number of alkyl halides is 2. The molecule has 0 spiro atoms. The van der Waals surface area contributed by atoms with Gasteiger partial charge in [-0.25, -0.2) is 18.6 Å². The smallest absolute Gasteiger partial charge is 0.354 e. The average Bonchev–Trinajstić information content (AvgIpc) is 3.03. The van der Waals surface area contributed by atoms with E-state index in [2.05, 4.69) is 15.3 Å². The molecule has 0 bridgehead atoms. The second kappa shape index (κ2) is 5.31. The maximum Gasteiger partial charge on any atom is 0.354 e. The van der Waals surface area contributed by atoms with E-state index in [1.165, 1.54) is 6.07 Å². The molecule has 118 valence electrons. The Balaban J connectivity index is 1.88. The van der Waals surface area contributed by atoms with Crippen molar-refractivity contribution in [3.63, 3.8) is 0 Å². The van der Waals surface area contributed by atoms with Gasteiger partial charge in [-0.05, 0) is 31.0 Å². The quantitative estimate of drug-likeness (QED) is 0.811. The van der Waals surface area contributed by atoms with Crippen LogP contribution >= 0.6 is 0 Å². The topological polar surface area (TPSA) is 78.0 Å². The van der Waals surface area contributed by atoms with Crippen LogP contribution in [0.4, 0.5) is 8.78 Å². The van der Waals surface area contributed by atoms with E-state index < -0.39 is 11.9 Å². The summed E-state index contributed by atoms with van der Waals surface area (Å²) < 4.78 is 26.6. The Morgan fingerprint density at radius 1 is 1.59 bits per heavy atom. The lowest BCUT2D eigenvalue weighted by Crippen LogP contribution is -2.31. The third-order valence-electron chi connectivity index (χ3n) is 4.12. The van der Waals surface area contributed by atoms with Crippen LogP contribution < -0.4 is 5.32 Å². The number of fused-ring (bicyclic) bond motifs is 1. The van der Waals surface area contributed by atoms with Gasteiger partial charge in [-0.1, -0.05) is 0 Å². The fourth-order valence-corrected chi connectivity index (χ4v) is 3.05. The van der Waals surface area contributed by atoms with Gasteiger partial charge >= 0.3 is 5.97 Å². The number of hydrogen-bond acceptors (Lipinski definition) is 3. The van der Waals surface area contributed by atoms with Crippen molar-refractivity contribution < 1.29 is 18.7 Å².